The molecule has 0 N–H and O–H groups in total. The lowest BCUT2D eigenvalue weighted by atomic mass is 9.65. The zero-order valence-corrected chi connectivity index (χ0v) is 27.3. The lowest BCUT2D eigenvalue weighted by Gasteiger charge is -2.36. The Morgan fingerprint density at radius 2 is 1.00 bits per heavy atom. The quantitative estimate of drug-likeness (QED) is 0.152. The molecule has 0 heterocycles. The van der Waals surface area contributed by atoms with E-state index in [0.29, 0.717) is 5.88 Å². The largest absolute Gasteiger partial charge is 0.122 e. The van der Waals surface area contributed by atoms with Crippen molar-refractivity contribution in [2.75, 3.05) is 5.88 Å². The molecule has 6 aromatic rings. The second-order valence-corrected chi connectivity index (χ2v) is 12.9. The van der Waals surface area contributed by atoms with Crippen LogP contribution in [0.3, 0.4) is 0 Å². The molecule has 0 atom stereocenters. The van der Waals surface area contributed by atoms with Gasteiger partial charge in [0.25, 0.3) is 0 Å². The lowest BCUT2D eigenvalue weighted by molar-refractivity contribution is 0.753. The van der Waals surface area contributed by atoms with Gasteiger partial charge in [-0.15, -0.1) is 11.6 Å². The van der Waals surface area contributed by atoms with E-state index in [1.54, 1.807) is 0 Å². The third-order valence-electron chi connectivity index (χ3n) is 10.0. The van der Waals surface area contributed by atoms with Gasteiger partial charge in [-0.2, -0.15) is 0 Å². The summed E-state index contributed by atoms with van der Waals surface area (Å²) in [6, 6.07) is 54.5. The summed E-state index contributed by atoms with van der Waals surface area (Å²) in [5.74, 6) is 0.414. The molecule has 0 aromatic heterocycles. The van der Waals surface area contributed by atoms with Crippen LogP contribution in [0.2, 0.25) is 5.02 Å². The molecule has 2 aliphatic carbocycles. The first-order valence-corrected chi connectivity index (χ1v) is 16.9. The highest BCUT2D eigenvalue weighted by atomic mass is 35.5. The van der Waals surface area contributed by atoms with Gasteiger partial charge in [-0.25, -0.2) is 0 Å². The van der Waals surface area contributed by atoms with Gasteiger partial charge in [0.05, 0.1) is 10.8 Å². The summed E-state index contributed by atoms with van der Waals surface area (Å²) >= 11 is 13.6. The molecular formula is C45H32Cl2. The van der Waals surface area contributed by atoms with Gasteiger partial charge in [0.2, 0.25) is 0 Å². The average molecular weight is 644 g/mol. The minimum absolute atomic E-state index is 0.414. The summed E-state index contributed by atoms with van der Waals surface area (Å²) in [5, 5.41) is 0.750. The van der Waals surface area contributed by atoms with Crippen LogP contribution in [-0.4, -0.2) is 5.88 Å². The van der Waals surface area contributed by atoms with E-state index in [1.165, 1.54) is 44.5 Å². The van der Waals surface area contributed by atoms with E-state index in [4.69, 9.17) is 23.2 Å². The molecule has 0 amide bonds. The number of fused-ring (bicyclic) bond motifs is 4. The smallest absolute Gasteiger partial charge is 0.0714 e. The molecule has 226 valence electrons. The van der Waals surface area contributed by atoms with E-state index < -0.39 is 10.8 Å². The molecule has 2 aliphatic rings. The van der Waals surface area contributed by atoms with Crippen molar-refractivity contribution in [3.05, 3.63) is 232 Å². The predicted molar refractivity (Wildman–Crippen MR) is 198 cm³/mol. The highest BCUT2D eigenvalue weighted by molar-refractivity contribution is 6.34. The number of halogens is 2. The Kier molecular flexibility index (Phi) is 7.37. The normalized spacial score (nSPS) is 15.4. The molecule has 0 saturated carbocycles. The van der Waals surface area contributed by atoms with Crippen molar-refractivity contribution in [1.82, 2.24) is 0 Å². The Morgan fingerprint density at radius 1 is 0.532 bits per heavy atom. The van der Waals surface area contributed by atoms with Gasteiger partial charge in [-0.3, -0.25) is 0 Å². The highest BCUT2D eigenvalue weighted by Gasteiger charge is 2.51. The summed E-state index contributed by atoms with van der Waals surface area (Å²) < 4.78 is 0. The molecule has 0 radical (unpaired) electrons. The predicted octanol–water partition coefficient (Wildman–Crippen LogP) is 11.8. The van der Waals surface area contributed by atoms with E-state index in [2.05, 4.69) is 158 Å². The molecule has 6 aromatic carbocycles. The monoisotopic (exact) mass is 642 g/mol. The fraction of sp³-hybridized carbons (Fsp3) is 0.0667. The molecule has 0 spiro atoms. The van der Waals surface area contributed by atoms with Crippen LogP contribution in [0.4, 0.5) is 0 Å². The van der Waals surface area contributed by atoms with Crippen LogP contribution in [0.15, 0.2) is 182 Å². The first kappa shape index (κ1) is 29.5. The number of allylic oxidation sites excluding steroid dienone is 5. The zero-order chi connectivity index (χ0) is 32.0. The van der Waals surface area contributed by atoms with Gasteiger partial charge in [-0.05, 0) is 79.4 Å². The van der Waals surface area contributed by atoms with Gasteiger partial charge >= 0.3 is 0 Å². The van der Waals surface area contributed by atoms with Crippen molar-refractivity contribution in [1.29, 1.82) is 0 Å². The maximum Gasteiger partial charge on any atom is 0.0714 e. The highest BCUT2D eigenvalue weighted by Crippen LogP contribution is 2.62. The van der Waals surface area contributed by atoms with E-state index in [-0.39, 0.29) is 0 Å². The van der Waals surface area contributed by atoms with Gasteiger partial charge in [-0.1, -0.05) is 170 Å². The van der Waals surface area contributed by atoms with E-state index in [0.717, 1.165) is 27.3 Å². The molecule has 0 bridgehead atoms. The van der Waals surface area contributed by atoms with Gasteiger partial charge in [0.15, 0.2) is 0 Å². The van der Waals surface area contributed by atoms with Crippen LogP contribution in [0.5, 0.6) is 0 Å². The van der Waals surface area contributed by atoms with Crippen LogP contribution in [-0.2, 0) is 10.8 Å². The van der Waals surface area contributed by atoms with Crippen LogP contribution in [0.1, 0.15) is 44.5 Å². The van der Waals surface area contributed by atoms with E-state index in [9.17, 15) is 0 Å². The fourth-order valence-electron chi connectivity index (χ4n) is 8.33. The van der Waals surface area contributed by atoms with Gasteiger partial charge in [0.1, 0.15) is 0 Å². The standard InChI is InChI=1S/C45H32Cl2/c1-2-38-35(25-16-28-46)36-29-41-37(30-40(36)44(38,31-17-7-3-8-18-31)32-19-9-4-10-20-32)43-39(26-15-27-42(43)47)45(41,33-21-11-5-12-22-33)34-23-13-6-14-24-34/h2-27,29-30H,1,28H2/b25-16-. The summed E-state index contributed by atoms with van der Waals surface area (Å²) in [5.41, 5.74) is 12.9. The fourth-order valence-corrected chi connectivity index (χ4v) is 8.70. The molecule has 0 saturated heterocycles. The number of benzene rings is 6. The Labute approximate surface area is 287 Å². The first-order chi connectivity index (χ1) is 23.2. The number of hydrogen-bond acceptors (Lipinski definition) is 0. The van der Waals surface area contributed by atoms with Crippen molar-refractivity contribution in [2.45, 2.75) is 10.8 Å². The van der Waals surface area contributed by atoms with Crippen molar-refractivity contribution >= 4 is 28.8 Å². The first-order valence-electron chi connectivity index (χ1n) is 16.0. The second-order valence-electron chi connectivity index (χ2n) is 12.2. The third-order valence-corrected chi connectivity index (χ3v) is 10.5. The third kappa shape index (κ3) is 4.15. The minimum Gasteiger partial charge on any atom is -0.122 e. The average Bonchev–Trinajstić information content (AvgIpc) is 3.59. The Balaban J connectivity index is 1.58. The van der Waals surface area contributed by atoms with Crippen LogP contribution >= 0.6 is 23.2 Å². The Morgan fingerprint density at radius 3 is 1.49 bits per heavy atom. The maximum atomic E-state index is 7.26. The van der Waals surface area contributed by atoms with Crippen molar-refractivity contribution in [3.63, 3.8) is 0 Å². The molecule has 0 fully saturated rings. The van der Waals surface area contributed by atoms with Gasteiger partial charge in [0, 0.05) is 16.5 Å². The second kappa shape index (κ2) is 11.7. The topological polar surface area (TPSA) is 0 Å². The molecule has 2 heteroatoms. The minimum atomic E-state index is -0.604. The van der Waals surface area contributed by atoms with Crippen molar-refractivity contribution in [3.8, 4) is 11.1 Å². The molecular weight excluding hydrogens is 611 g/mol. The molecule has 0 unspecified atom stereocenters. The van der Waals surface area contributed by atoms with Crippen LogP contribution < -0.4 is 0 Å². The van der Waals surface area contributed by atoms with Crippen LogP contribution in [0.25, 0.3) is 16.7 Å². The van der Waals surface area contributed by atoms with Crippen molar-refractivity contribution < 1.29 is 0 Å². The summed E-state index contributed by atoms with van der Waals surface area (Å²) in [7, 11) is 0. The zero-order valence-electron chi connectivity index (χ0n) is 25.8. The Hall–Kier alpha value is -4.88. The van der Waals surface area contributed by atoms with E-state index in [1.807, 2.05) is 18.2 Å². The molecule has 47 heavy (non-hydrogen) atoms. The molecule has 0 aliphatic heterocycles. The lowest BCUT2D eigenvalue weighted by Crippen LogP contribution is -2.30. The number of alkyl halides is 1. The number of hydrogen-bond donors (Lipinski definition) is 0. The molecule has 0 nitrogen and oxygen atoms in total. The van der Waals surface area contributed by atoms with Crippen molar-refractivity contribution in [2.24, 2.45) is 0 Å². The Bertz CT molecular complexity index is 2100. The maximum absolute atomic E-state index is 7.26. The van der Waals surface area contributed by atoms with Crippen LogP contribution in [0, 0.1) is 0 Å². The summed E-state index contributed by atoms with van der Waals surface area (Å²) in [6.45, 7) is 4.44. The summed E-state index contributed by atoms with van der Waals surface area (Å²) in [6.07, 6.45) is 6.27. The van der Waals surface area contributed by atoms with Gasteiger partial charge < -0.3 is 0 Å². The number of rotatable bonds is 7. The summed E-state index contributed by atoms with van der Waals surface area (Å²) in [4.78, 5) is 0. The van der Waals surface area contributed by atoms with E-state index >= 15 is 0 Å². The molecule has 8 rings (SSSR count). The SMILES string of the molecule is C=CC1=C(/C=C\CCl)c2cc3c(cc2C1(c1ccccc1)c1ccccc1)-c1c(Cl)cccc1C3(c1ccccc1)c1ccccc1.